The Morgan fingerprint density at radius 1 is 1.00 bits per heavy atom. The van der Waals surface area contributed by atoms with Gasteiger partial charge in [-0.15, -0.1) is 0 Å². The molecule has 1 heterocycles. The zero-order valence-corrected chi connectivity index (χ0v) is 10.4. The van der Waals surface area contributed by atoms with Crippen molar-refractivity contribution in [2.24, 2.45) is 5.73 Å². The monoisotopic (exact) mass is 228 g/mol. The van der Waals surface area contributed by atoms with E-state index >= 15 is 0 Å². The van der Waals surface area contributed by atoms with Crippen LogP contribution in [0.15, 0.2) is 18.2 Å². The minimum atomic E-state index is 0.335. The molecule has 0 amide bonds. The highest BCUT2D eigenvalue weighted by molar-refractivity contribution is 5.57. The highest BCUT2D eigenvalue weighted by Gasteiger charge is 2.06. The van der Waals surface area contributed by atoms with Gasteiger partial charge in [0, 0.05) is 5.56 Å². The number of nitrogens with zero attached hydrogens (tertiary/aromatic N) is 3. The van der Waals surface area contributed by atoms with E-state index in [0.29, 0.717) is 24.0 Å². The number of nitrogens with two attached hydrogens (primary N) is 1. The summed E-state index contributed by atoms with van der Waals surface area (Å²) in [5.74, 6) is 2.03. The van der Waals surface area contributed by atoms with E-state index in [4.69, 9.17) is 5.73 Å². The van der Waals surface area contributed by atoms with Gasteiger partial charge in [0.2, 0.25) is 0 Å². The van der Waals surface area contributed by atoms with Crippen LogP contribution in [0.25, 0.3) is 11.4 Å². The van der Waals surface area contributed by atoms with Gasteiger partial charge in [0.1, 0.15) is 11.6 Å². The van der Waals surface area contributed by atoms with Crippen molar-refractivity contribution < 1.29 is 0 Å². The van der Waals surface area contributed by atoms with Gasteiger partial charge >= 0.3 is 0 Å². The lowest BCUT2D eigenvalue weighted by molar-refractivity contribution is 0.851. The summed E-state index contributed by atoms with van der Waals surface area (Å²) < 4.78 is 0. The van der Waals surface area contributed by atoms with Crippen molar-refractivity contribution in [1.82, 2.24) is 15.0 Å². The third-order valence-electron chi connectivity index (χ3n) is 2.74. The number of benzene rings is 1. The van der Waals surface area contributed by atoms with Crippen LogP contribution >= 0.6 is 0 Å². The fourth-order valence-corrected chi connectivity index (χ4v) is 1.64. The van der Waals surface area contributed by atoms with E-state index in [9.17, 15) is 0 Å². The van der Waals surface area contributed by atoms with Crippen molar-refractivity contribution >= 4 is 0 Å². The third-order valence-corrected chi connectivity index (χ3v) is 2.74. The van der Waals surface area contributed by atoms with Gasteiger partial charge in [0.25, 0.3) is 0 Å². The maximum absolute atomic E-state index is 5.57. The average molecular weight is 228 g/mol. The quantitative estimate of drug-likeness (QED) is 0.853. The van der Waals surface area contributed by atoms with E-state index < -0.39 is 0 Å². The molecular weight excluding hydrogens is 212 g/mol. The second-order valence-electron chi connectivity index (χ2n) is 4.13. The average Bonchev–Trinajstić information content (AvgIpc) is 2.32. The van der Waals surface area contributed by atoms with Gasteiger partial charge in [0.15, 0.2) is 5.82 Å². The van der Waals surface area contributed by atoms with Gasteiger partial charge in [-0.1, -0.05) is 12.1 Å². The molecule has 0 atom stereocenters. The molecule has 0 aliphatic heterocycles. The number of aryl methyl sites for hydroxylation is 3. The lowest BCUT2D eigenvalue weighted by Gasteiger charge is -2.06. The first-order chi connectivity index (χ1) is 8.10. The zero-order valence-electron chi connectivity index (χ0n) is 10.4. The van der Waals surface area contributed by atoms with Gasteiger partial charge in [-0.05, 0) is 38.0 Å². The summed E-state index contributed by atoms with van der Waals surface area (Å²) in [4.78, 5) is 12.9. The summed E-state index contributed by atoms with van der Waals surface area (Å²) in [6.45, 7) is 6.35. The Morgan fingerprint density at radius 3 is 2.41 bits per heavy atom. The smallest absolute Gasteiger partial charge is 0.163 e. The van der Waals surface area contributed by atoms with Crippen LogP contribution in [0.5, 0.6) is 0 Å². The molecule has 0 bridgehead atoms. The summed E-state index contributed by atoms with van der Waals surface area (Å²) in [5.41, 5.74) is 9.07. The Hall–Kier alpha value is -1.81. The Morgan fingerprint density at radius 2 is 1.76 bits per heavy atom. The molecular formula is C13H16N4. The first-order valence-corrected chi connectivity index (χ1v) is 5.59. The van der Waals surface area contributed by atoms with Gasteiger partial charge in [-0.25, -0.2) is 15.0 Å². The second-order valence-corrected chi connectivity index (χ2v) is 4.13. The normalized spacial score (nSPS) is 10.6. The first kappa shape index (κ1) is 11.7. The number of hydrogen-bond donors (Lipinski definition) is 1. The lowest BCUT2D eigenvalue weighted by Crippen LogP contribution is -2.07. The molecule has 2 N–H and O–H groups in total. The minimum Gasteiger partial charge on any atom is -0.324 e. The molecule has 0 aliphatic carbocycles. The standard InChI is InChI=1S/C13H16N4/c1-8-4-5-11(6-9(8)2)13-16-10(3)15-12(7-14)17-13/h4-6H,7,14H2,1-3H3. The number of rotatable bonds is 2. The molecule has 4 nitrogen and oxygen atoms in total. The Kier molecular flexibility index (Phi) is 3.15. The van der Waals surface area contributed by atoms with Crippen LogP contribution in [0.4, 0.5) is 0 Å². The molecule has 0 fully saturated rings. The van der Waals surface area contributed by atoms with E-state index in [-0.39, 0.29) is 0 Å². The molecule has 2 aromatic rings. The van der Waals surface area contributed by atoms with Crippen LogP contribution in [-0.2, 0) is 6.54 Å². The third kappa shape index (κ3) is 2.47. The van der Waals surface area contributed by atoms with Crippen molar-refractivity contribution in [1.29, 1.82) is 0 Å². The van der Waals surface area contributed by atoms with Crippen LogP contribution in [0, 0.1) is 20.8 Å². The molecule has 0 saturated heterocycles. The first-order valence-electron chi connectivity index (χ1n) is 5.59. The van der Waals surface area contributed by atoms with Gasteiger partial charge in [-0.3, -0.25) is 0 Å². The van der Waals surface area contributed by atoms with Gasteiger partial charge in [-0.2, -0.15) is 0 Å². The maximum Gasteiger partial charge on any atom is 0.163 e. The van der Waals surface area contributed by atoms with Crippen molar-refractivity contribution in [3.05, 3.63) is 41.0 Å². The zero-order chi connectivity index (χ0) is 12.4. The Balaban J connectivity index is 2.52. The van der Waals surface area contributed by atoms with E-state index in [1.165, 1.54) is 11.1 Å². The van der Waals surface area contributed by atoms with E-state index in [1.807, 2.05) is 13.0 Å². The summed E-state index contributed by atoms with van der Waals surface area (Å²) >= 11 is 0. The van der Waals surface area contributed by atoms with Crippen molar-refractivity contribution in [3.63, 3.8) is 0 Å². The summed E-state index contributed by atoms with van der Waals surface area (Å²) in [5, 5.41) is 0. The molecule has 0 radical (unpaired) electrons. The van der Waals surface area contributed by atoms with Crippen LogP contribution in [0.2, 0.25) is 0 Å². The van der Waals surface area contributed by atoms with Crippen molar-refractivity contribution in [3.8, 4) is 11.4 Å². The highest BCUT2D eigenvalue weighted by Crippen LogP contribution is 2.18. The molecule has 1 aromatic heterocycles. The van der Waals surface area contributed by atoms with Crippen molar-refractivity contribution in [2.75, 3.05) is 0 Å². The summed E-state index contributed by atoms with van der Waals surface area (Å²) in [7, 11) is 0. The molecule has 4 heteroatoms. The second kappa shape index (κ2) is 4.59. The topological polar surface area (TPSA) is 64.7 Å². The molecule has 0 aliphatic rings. The Labute approximate surface area is 101 Å². The number of aromatic nitrogens is 3. The molecule has 0 saturated carbocycles. The van der Waals surface area contributed by atoms with E-state index in [2.05, 4.69) is 40.9 Å². The number of hydrogen-bond acceptors (Lipinski definition) is 4. The van der Waals surface area contributed by atoms with Crippen LogP contribution in [0.3, 0.4) is 0 Å². The van der Waals surface area contributed by atoms with Crippen LogP contribution < -0.4 is 5.73 Å². The largest absolute Gasteiger partial charge is 0.324 e. The van der Waals surface area contributed by atoms with Crippen molar-refractivity contribution in [2.45, 2.75) is 27.3 Å². The molecule has 88 valence electrons. The fourth-order valence-electron chi connectivity index (χ4n) is 1.64. The van der Waals surface area contributed by atoms with Crippen LogP contribution in [-0.4, -0.2) is 15.0 Å². The van der Waals surface area contributed by atoms with E-state index in [0.717, 1.165) is 5.56 Å². The van der Waals surface area contributed by atoms with Gasteiger partial charge < -0.3 is 5.73 Å². The molecule has 0 unspecified atom stereocenters. The molecule has 1 aromatic carbocycles. The fraction of sp³-hybridized carbons (Fsp3) is 0.308. The van der Waals surface area contributed by atoms with Crippen LogP contribution in [0.1, 0.15) is 22.8 Å². The minimum absolute atomic E-state index is 0.335. The summed E-state index contributed by atoms with van der Waals surface area (Å²) in [6, 6.07) is 6.19. The predicted molar refractivity (Wildman–Crippen MR) is 67.4 cm³/mol. The SMILES string of the molecule is Cc1nc(CN)nc(-c2ccc(C)c(C)c2)n1. The van der Waals surface area contributed by atoms with E-state index in [1.54, 1.807) is 0 Å². The predicted octanol–water partition coefficient (Wildman–Crippen LogP) is 1.92. The molecule has 17 heavy (non-hydrogen) atoms. The molecule has 0 spiro atoms. The lowest BCUT2D eigenvalue weighted by atomic mass is 10.1. The maximum atomic E-state index is 5.57. The summed E-state index contributed by atoms with van der Waals surface area (Å²) in [6.07, 6.45) is 0. The molecule has 2 rings (SSSR count). The highest BCUT2D eigenvalue weighted by atomic mass is 15.0. The Bertz CT molecular complexity index is 549. The van der Waals surface area contributed by atoms with Gasteiger partial charge in [0.05, 0.1) is 6.54 Å².